The Morgan fingerprint density at radius 3 is 1.17 bits per heavy atom. The van der Waals surface area contributed by atoms with Crippen LogP contribution in [0.3, 0.4) is 0 Å². The molecular weight excluding hydrogens is 222 g/mol. The van der Waals surface area contributed by atoms with Crippen molar-refractivity contribution in [2.75, 3.05) is 0 Å². The molecule has 0 heterocycles. The zero-order chi connectivity index (χ0) is 10.2. The molecule has 72 valence electrons. The van der Waals surface area contributed by atoms with E-state index in [2.05, 4.69) is 0 Å². The van der Waals surface area contributed by atoms with Crippen LogP contribution in [0.2, 0.25) is 0 Å². The van der Waals surface area contributed by atoms with Gasteiger partial charge in [-0.3, -0.25) is 9.11 Å². The largest absolute Gasteiger partial charge is 0.313 e. The smallest absolute Gasteiger partial charge is 0.281 e. The number of halogens is 2. The molecule has 6 nitrogen and oxygen atoms in total. The molecule has 0 aliphatic heterocycles. The van der Waals surface area contributed by atoms with Gasteiger partial charge in [0.1, 0.15) is 0 Å². The Balaban J connectivity index is 5.80. The van der Waals surface area contributed by atoms with Gasteiger partial charge in [0, 0.05) is 0 Å². The van der Waals surface area contributed by atoms with Gasteiger partial charge in [0.05, 0.1) is 0 Å². The Morgan fingerprint density at radius 2 is 1.17 bits per heavy atom. The van der Waals surface area contributed by atoms with Crippen LogP contribution in [0.4, 0.5) is 8.78 Å². The fraction of sp³-hybridized carbons (Fsp3) is 0. The second-order valence-electron chi connectivity index (χ2n) is 1.50. The molecule has 12 heavy (non-hydrogen) atoms. The summed E-state index contributed by atoms with van der Waals surface area (Å²) in [4.78, 5) is 0. The Hall–Kier alpha value is -0.580. The lowest BCUT2D eigenvalue weighted by atomic mass is 11.1. The molecule has 0 aliphatic rings. The van der Waals surface area contributed by atoms with E-state index in [4.69, 9.17) is 9.11 Å². The average molecular weight is 224 g/mol. The van der Waals surface area contributed by atoms with E-state index < -0.39 is 30.6 Å². The van der Waals surface area contributed by atoms with Crippen molar-refractivity contribution in [1.82, 2.24) is 0 Å². The van der Waals surface area contributed by atoms with Gasteiger partial charge in [-0.15, -0.1) is 0 Å². The highest BCUT2D eigenvalue weighted by molar-refractivity contribution is 8.09. The minimum Gasteiger partial charge on any atom is -0.281 e. The maximum Gasteiger partial charge on any atom is 0.313 e. The summed E-state index contributed by atoms with van der Waals surface area (Å²) < 4.78 is 75.6. The van der Waals surface area contributed by atoms with Crippen molar-refractivity contribution < 1.29 is 34.7 Å². The summed E-state index contributed by atoms with van der Waals surface area (Å²) in [5.74, 6) is 0. The Kier molecular flexibility index (Phi) is 2.90. The first-order valence-corrected chi connectivity index (χ1v) is 4.95. The van der Waals surface area contributed by atoms with E-state index in [1.54, 1.807) is 0 Å². The standard InChI is InChI=1S/C2H2F2O6S2/c3-1(4)2(11(5,6)7)12(8,9)10/h(H,5,6,7)(H,8,9,10). The van der Waals surface area contributed by atoms with E-state index in [9.17, 15) is 25.6 Å². The molecule has 0 aromatic heterocycles. The zero-order valence-electron chi connectivity index (χ0n) is 5.10. The molecule has 0 saturated heterocycles. The Labute approximate surface area is 66.0 Å². The molecule has 10 heteroatoms. The molecule has 0 rings (SSSR count). The Morgan fingerprint density at radius 1 is 0.917 bits per heavy atom. The van der Waals surface area contributed by atoms with E-state index in [-0.39, 0.29) is 0 Å². The van der Waals surface area contributed by atoms with Crippen molar-refractivity contribution in [3.05, 3.63) is 10.3 Å². The minimum atomic E-state index is -5.63. The van der Waals surface area contributed by atoms with Crippen LogP contribution < -0.4 is 0 Å². The van der Waals surface area contributed by atoms with Crippen LogP contribution in [-0.4, -0.2) is 25.9 Å². The van der Waals surface area contributed by atoms with E-state index >= 15 is 0 Å². The van der Waals surface area contributed by atoms with Crippen LogP contribution in [0, 0.1) is 0 Å². The van der Waals surface area contributed by atoms with Crippen molar-refractivity contribution in [2.24, 2.45) is 0 Å². The number of hydrogen-bond donors (Lipinski definition) is 2. The predicted octanol–water partition coefficient (Wildman–Crippen LogP) is -0.172. The monoisotopic (exact) mass is 224 g/mol. The first kappa shape index (κ1) is 11.4. The topological polar surface area (TPSA) is 109 Å². The quantitative estimate of drug-likeness (QED) is 0.630. The third-order valence-corrected chi connectivity index (χ3v) is 3.13. The van der Waals surface area contributed by atoms with Gasteiger partial charge in [0.2, 0.25) is 0 Å². The van der Waals surface area contributed by atoms with Gasteiger partial charge in [-0.25, -0.2) is 0 Å². The van der Waals surface area contributed by atoms with Crippen LogP contribution in [0.5, 0.6) is 0 Å². The molecular formula is C2H2F2O6S2. The van der Waals surface area contributed by atoms with Crippen molar-refractivity contribution in [2.45, 2.75) is 0 Å². The lowest BCUT2D eigenvalue weighted by Gasteiger charge is -1.96. The normalized spacial score (nSPS) is 12.7. The highest BCUT2D eigenvalue weighted by atomic mass is 32.3. The molecule has 0 aromatic rings. The Bertz CT molecular complexity index is 363. The van der Waals surface area contributed by atoms with Crippen molar-refractivity contribution in [3.8, 4) is 0 Å². The van der Waals surface area contributed by atoms with Crippen LogP contribution >= 0.6 is 0 Å². The summed E-state index contributed by atoms with van der Waals surface area (Å²) in [6, 6.07) is 0. The summed E-state index contributed by atoms with van der Waals surface area (Å²) in [5, 5.41) is 0. The second kappa shape index (κ2) is 3.05. The molecule has 0 saturated carbocycles. The fourth-order valence-corrected chi connectivity index (χ4v) is 1.78. The van der Waals surface area contributed by atoms with Crippen LogP contribution in [0.15, 0.2) is 10.3 Å². The third-order valence-electron chi connectivity index (χ3n) is 0.623. The van der Waals surface area contributed by atoms with Gasteiger partial charge in [-0.2, -0.15) is 25.6 Å². The SMILES string of the molecule is O=S(=O)(O)C(=C(F)F)S(=O)(=O)O. The van der Waals surface area contributed by atoms with Gasteiger partial charge >= 0.3 is 26.3 Å². The first-order chi connectivity index (χ1) is 5.07. The van der Waals surface area contributed by atoms with Gasteiger partial charge < -0.3 is 0 Å². The number of rotatable bonds is 2. The summed E-state index contributed by atoms with van der Waals surface area (Å²) in [6.45, 7) is 0. The predicted molar refractivity (Wildman–Crippen MR) is 32.3 cm³/mol. The third kappa shape index (κ3) is 2.81. The summed E-state index contributed by atoms with van der Waals surface area (Å²) in [7, 11) is -11.3. The molecule has 0 aliphatic carbocycles. The van der Waals surface area contributed by atoms with Crippen LogP contribution in [0.1, 0.15) is 0 Å². The first-order valence-electron chi connectivity index (χ1n) is 2.07. The highest BCUT2D eigenvalue weighted by Gasteiger charge is 2.33. The van der Waals surface area contributed by atoms with Crippen LogP contribution in [0.25, 0.3) is 0 Å². The average Bonchev–Trinajstić information content (AvgIpc) is 1.49. The van der Waals surface area contributed by atoms with E-state index in [1.165, 1.54) is 0 Å². The molecule has 0 spiro atoms. The number of hydrogen-bond acceptors (Lipinski definition) is 4. The lowest BCUT2D eigenvalue weighted by molar-refractivity contribution is 0.411. The molecule has 0 bridgehead atoms. The van der Waals surface area contributed by atoms with Gasteiger partial charge in [-0.05, 0) is 0 Å². The fourth-order valence-electron chi connectivity index (χ4n) is 0.328. The van der Waals surface area contributed by atoms with Gasteiger partial charge in [0.25, 0.3) is 4.24 Å². The molecule has 0 radical (unpaired) electrons. The molecule has 0 atom stereocenters. The molecule has 0 fully saturated rings. The van der Waals surface area contributed by atoms with E-state index in [0.717, 1.165) is 0 Å². The summed E-state index contributed by atoms with van der Waals surface area (Å²) in [6.07, 6.45) is -3.21. The van der Waals surface area contributed by atoms with Gasteiger partial charge in [0.15, 0.2) is 0 Å². The van der Waals surface area contributed by atoms with Crippen molar-refractivity contribution in [3.63, 3.8) is 0 Å². The molecule has 0 amide bonds. The lowest BCUT2D eigenvalue weighted by Crippen LogP contribution is -2.13. The van der Waals surface area contributed by atoms with E-state index in [1.807, 2.05) is 0 Å². The summed E-state index contributed by atoms with van der Waals surface area (Å²) >= 11 is 0. The maximum atomic E-state index is 11.5. The second-order valence-corrected chi connectivity index (χ2v) is 4.47. The molecule has 0 unspecified atom stereocenters. The van der Waals surface area contributed by atoms with Crippen molar-refractivity contribution >= 4 is 20.2 Å². The summed E-state index contributed by atoms with van der Waals surface area (Å²) in [5.41, 5.74) is 0. The molecule has 0 aromatic carbocycles. The van der Waals surface area contributed by atoms with Crippen LogP contribution in [-0.2, 0) is 20.2 Å². The minimum absolute atomic E-state index is 2.70. The highest BCUT2D eigenvalue weighted by Crippen LogP contribution is 2.18. The van der Waals surface area contributed by atoms with Crippen molar-refractivity contribution in [1.29, 1.82) is 0 Å². The van der Waals surface area contributed by atoms with E-state index in [0.29, 0.717) is 0 Å². The molecule has 2 N–H and O–H groups in total. The zero-order valence-corrected chi connectivity index (χ0v) is 6.73. The maximum absolute atomic E-state index is 11.5. The van der Waals surface area contributed by atoms with Gasteiger partial charge in [-0.1, -0.05) is 0 Å².